The van der Waals surface area contributed by atoms with E-state index in [0.717, 1.165) is 12.8 Å². The zero-order valence-corrected chi connectivity index (χ0v) is 12.3. The van der Waals surface area contributed by atoms with Gasteiger partial charge in [-0.3, -0.25) is 14.5 Å². The molecule has 5 nitrogen and oxygen atoms in total. The number of hydrogen-bond donors (Lipinski definition) is 1. The Hall–Kier alpha value is -2.43. The molecule has 116 valence electrons. The van der Waals surface area contributed by atoms with Crippen molar-refractivity contribution in [3.05, 3.63) is 42.0 Å². The van der Waals surface area contributed by atoms with E-state index in [0.29, 0.717) is 5.69 Å². The summed E-state index contributed by atoms with van der Waals surface area (Å²) in [6, 6.07) is 5.95. The van der Waals surface area contributed by atoms with Gasteiger partial charge in [-0.2, -0.15) is 0 Å². The quantitative estimate of drug-likeness (QED) is 0.670. The van der Waals surface area contributed by atoms with Crippen molar-refractivity contribution in [3.8, 4) is 0 Å². The summed E-state index contributed by atoms with van der Waals surface area (Å²) in [4.78, 5) is 38.0. The maximum Gasteiger partial charge on any atom is 0.335 e. The molecule has 1 aromatic carbocycles. The van der Waals surface area contributed by atoms with Crippen LogP contribution in [0.3, 0.4) is 0 Å². The van der Waals surface area contributed by atoms with E-state index >= 15 is 0 Å². The van der Waals surface area contributed by atoms with Gasteiger partial charge in [0.05, 0.1) is 23.1 Å². The summed E-state index contributed by atoms with van der Waals surface area (Å²) in [5.41, 5.74) is 0.815. The van der Waals surface area contributed by atoms with Gasteiger partial charge in [0.1, 0.15) is 0 Å². The van der Waals surface area contributed by atoms with Crippen LogP contribution in [0.4, 0.5) is 5.69 Å². The molecule has 0 unspecified atom stereocenters. The largest absolute Gasteiger partial charge is 0.478 e. The third-order valence-electron chi connectivity index (χ3n) is 6.23. The first-order valence-electron chi connectivity index (χ1n) is 7.94. The van der Waals surface area contributed by atoms with Crippen LogP contribution >= 0.6 is 0 Å². The predicted octanol–water partition coefficient (Wildman–Crippen LogP) is 2.09. The summed E-state index contributed by atoms with van der Waals surface area (Å²) < 4.78 is 0. The van der Waals surface area contributed by atoms with Gasteiger partial charge in [-0.15, -0.1) is 0 Å². The van der Waals surface area contributed by atoms with Gasteiger partial charge in [-0.05, 0) is 54.4 Å². The van der Waals surface area contributed by atoms with E-state index in [1.165, 1.54) is 17.0 Å². The fraction of sp³-hybridized carbons (Fsp3) is 0.389. The highest BCUT2D eigenvalue weighted by Crippen LogP contribution is 2.73. The van der Waals surface area contributed by atoms with Gasteiger partial charge in [0.15, 0.2) is 0 Å². The molecule has 4 aliphatic rings. The Morgan fingerprint density at radius 2 is 1.52 bits per heavy atom. The van der Waals surface area contributed by atoms with Gasteiger partial charge >= 0.3 is 5.97 Å². The lowest BCUT2D eigenvalue weighted by Crippen LogP contribution is -2.34. The molecule has 3 aliphatic carbocycles. The Balaban J connectivity index is 1.52. The first kappa shape index (κ1) is 13.0. The number of allylic oxidation sites excluding steroid dienone is 2. The number of carbonyl (C=O) groups is 3. The van der Waals surface area contributed by atoms with Crippen LogP contribution in [0.2, 0.25) is 0 Å². The van der Waals surface area contributed by atoms with E-state index in [1.807, 2.05) is 0 Å². The highest BCUT2D eigenvalue weighted by Gasteiger charge is 2.73. The number of benzene rings is 1. The molecule has 1 spiro atoms. The smallest absolute Gasteiger partial charge is 0.335 e. The molecule has 0 radical (unpaired) electrons. The number of rotatable bonds is 2. The van der Waals surface area contributed by atoms with Gasteiger partial charge in [-0.25, -0.2) is 4.79 Å². The molecule has 1 saturated heterocycles. The standard InChI is InChI=1S/C18H15NO4/c20-15-13-11-5-6-12(18(11)7-8-18)14(13)16(21)19(15)10-3-1-9(2-4-10)17(22)23/h1-6,11-14H,7-8H2,(H,22,23)/t11-,12+,13-,14-/m0/s1. The van der Waals surface area contributed by atoms with Crippen molar-refractivity contribution in [1.29, 1.82) is 0 Å². The summed E-state index contributed by atoms with van der Waals surface area (Å²) in [6.45, 7) is 0. The van der Waals surface area contributed by atoms with Gasteiger partial charge in [-0.1, -0.05) is 12.2 Å². The maximum atomic E-state index is 12.9. The van der Waals surface area contributed by atoms with Crippen molar-refractivity contribution in [2.75, 3.05) is 4.90 Å². The fourth-order valence-electron chi connectivity index (χ4n) is 5.09. The number of imide groups is 1. The molecule has 0 aromatic heterocycles. The SMILES string of the molecule is O=C(O)c1ccc(N2C(=O)[C@@H]3[C@@H](C2=O)[C@@H]2C=C[C@H]3C23CC3)cc1. The fourth-order valence-corrected chi connectivity index (χ4v) is 5.09. The third-order valence-corrected chi connectivity index (χ3v) is 6.23. The number of hydrogen-bond acceptors (Lipinski definition) is 3. The zero-order chi connectivity index (χ0) is 15.9. The maximum absolute atomic E-state index is 12.9. The lowest BCUT2D eigenvalue weighted by molar-refractivity contribution is -0.123. The van der Waals surface area contributed by atoms with E-state index in [4.69, 9.17) is 5.11 Å². The minimum absolute atomic E-state index is 0.119. The minimum atomic E-state index is -1.02. The van der Waals surface area contributed by atoms with Crippen LogP contribution in [0.15, 0.2) is 36.4 Å². The Morgan fingerprint density at radius 3 is 1.96 bits per heavy atom. The number of nitrogens with zero attached hydrogens (tertiary/aromatic N) is 1. The van der Waals surface area contributed by atoms with Gasteiger partial charge in [0.2, 0.25) is 11.8 Å². The molecule has 4 atom stereocenters. The molecule has 2 saturated carbocycles. The number of amides is 2. The summed E-state index contributed by atoms with van der Waals surface area (Å²) in [6.07, 6.45) is 6.52. The number of carbonyl (C=O) groups excluding carboxylic acids is 2. The molecule has 5 rings (SSSR count). The summed E-state index contributed by atoms with van der Waals surface area (Å²) in [5, 5.41) is 8.96. The van der Waals surface area contributed by atoms with Crippen LogP contribution in [0, 0.1) is 29.1 Å². The van der Waals surface area contributed by atoms with Crippen molar-refractivity contribution < 1.29 is 19.5 Å². The zero-order valence-electron chi connectivity index (χ0n) is 12.3. The molecule has 1 aliphatic heterocycles. The van der Waals surface area contributed by atoms with Crippen LogP contribution in [0.1, 0.15) is 23.2 Å². The number of carboxylic acids is 1. The van der Waals surface area contributed by atoms with E-state index in [-0.39, 0.29) is 46.5 Å². The highest BCUT2D eigenvalue weighted by molar-refractivity contribution is 6.23. The normalized spacial score (nSPS) is 35.2. The molecule has 5 heteroatoms. The van der Waals surface area contributed by atoms with E-state index in [1.54, 1.807) is 12.1 Å². The molecular formula is C18H15NO4. The topological polar surface area (TPSA) is 74.7 Å². The number of fused-ring (bicyclic) bond motifs is 3. The molecule has 1 heterocycles. The molecular weight excluding hydrogens is 294 g/mol. The van der Waals surface area contributed by atoms with Crippen LogP contribution in [-0.4, -0.2) is 22.9 Å². The Labute approximate surface area is 132 Å². The Morgan fingerprint density at radius 1 is 1.00 bits per heavy atom. The Kier molecular flexibility index (Phi) is 2.22. The molecule has 23 heavy (non-hydrogen) atoms. The summed E-state index contributed by atoms with van der Waals surface area (Å²) in [7, 11) is 0. The number of carboxylic acid groups (broad SMARTS) is 1. The van der Waals surface area contributed by atoms with Gasteiger partial charge in [0, 0.05) is 0 Å². The molecule has 2 bridgehead atoms. The second kappa shape index (κ2) is 3.91. The van der Waals surface area contributed by atoms with E-state index < -0.39 is 5.97 Å². The average Bonchev–Trinajstić information content (AvgIpc) is 3.13. The number of anilines is 1. The highest BCUT2D eigenvalue weighted by atomic mass is 16.4. The predicted molar refractivity (Wildman–Crippen MR) is 80.7 cm³/mol. The third kappa shape index (κ3) is 1.41. The lowest BCUT2D eigenvalue weighted by Gasteiger charge is -2.21. The van der Waals surface area contributed by atoms with Gasteiger partial charge < -0.3 is 5.11 Å². The first-order valence-corrected chi connectivity index (χ1v) is 7.94. The molecule has 3 fully saturated rings. The monoisotopic (exact) mass is 309 g/mol. The van der Waals surface area contributed by atoms with Crippen molar-refractivity contribution in [2.45, 2.75) is 12.8 Å². The first-order chi connectivity index (χ1) is 11.0. The average molecular weight is 309 g/mol. The number of aromatic carboxylic acids is 1. The van der Waals surface area contributed by atoms with Gasteiger partial charge in [0.25, 0.3) is 0 Å². The van der Waals surface area contributed by atoms with E-state index in [9.17, 15) is 14.4 Å². The Bertz CT molecular complexity index is 756. The van der Waals surface area contributed by atoms with Crippen LogP contribution in [-0.2, 0) is 9.59 Å². The van der Waals surface area contributed by atoms with Crippen LogP contribution in [0.5, 0.6) is 0 Å². The molecule has 2 amide bonds. The second-order valence-electron chi connectivity index (χ2n) is 7.09. The minimum Gasteiger partial charge on any atom is -0.478 e. The molecule has 1 N–H and O–H groups in total. The summed E-state index contributed by atoms with van der Waals surface area (Å²) >= 11 is 0. The van der Waals surface area contributed by atoms with Crippen molar-refractivity contribution in [2.24, 2.45) is 29.1 Å². The van der Waals surface area contributed by atoms with Crippen molar-refractivity contribution >= 4 is 23.5 Å². The molecule has 1 aromatic rings. The van der Waals surface area contributed by atoms with Crippen molar-refractivity contribution in [1.82, 2.24) is 0 Å². The van der Waals surface area contributed by atoms with Crippen LogP contribution in [0.25, 0.3) is 0 Å². The second-order valence-corrected chi connectivity index (χ2v) is 7.09. The summed E-state index contributed by atoms with van der Waals surface area (Å²) in [5.74, 6) is -1.30. The van der Waals surface area contributed by atoms with Crippen LogP contribution < -0.4 is 4.90 Å². The lowest BCUT2D eigenvalue weighted by atomic mass is 9.85. The van der Waals surface area contributed by atoms with Crippen molar-refractivity contribution in [3.63, 3.8) is 0 Å². The van der Waals surface area contributed by atoms with E-state index in [2.05, 4.69) is 12.2 Å².